The van der Waals surface area contributed by atoms with Crippen LogP contribution in [-0.4, -0.2) is 48.1 Å². The molecule has 1 aromatic carbocycles. The van der Waals surface area contributed by atoms with Crippen LogP contribution in [0.25, 0.3) is 5.13 Å². The standard InChI is InChI=1S/C22H26N4OS/c1-16-15-28-22(23-16)26-17(2)13-20(18(26)3)21(27)14-24-9-11-25(12-10-24)19-7-5-4-6-8-19/h4-8,13,15H,9-12,14H2,1-3H3/p+1. The number of quaternary nitrogens is 1. The van der Waals surface area contributed by atoms with Gasteiger partial charge in [0.05, 0.1) is 31.9 Å². The van der Waals surface area contributed by atoms with Crippen LogP contribution in [0.3, 0.4) is 0 Å². The van der Waals surface area contributed by atoms with E-state index in [9.17, 15) is 4.79 Å². The number of carbonyl (C=O) groups excluding carboxylic acids is 1. The Kier molecular flexibility index (Phi) is 5.33. The Morgan fingerprint density at radius 1 is 1.14 bits per heavy atom. The Bertz CT molecular complexity index is 968. The number of rotatable bonds is 5. The highest BCUT2D eigenvalue weighted by Gasteiger charge is 2.25. The lowest BCUT2D eigenvalue weighted by Crippen LogP contribution is -3.15. The van der Waals surface area contributed by atoms with E-state index in [2.05, 4.69) is 38.7 Å². The van der Waals surface area contributed by atoms with Gasteiger partial charge in [-0.05, 0) is 39.0 Å². The average Bonchev–Trinajstić information content (AvgIpc) is 3.25. The van der Waals surface area contributed by atoms with Crippen molar-refractivity contribution in [1.82, 2.24) is 9.55 Å². The van der Waals surface area contributed by atoms with E-state index in [0.717, 1.165) is 54.0 Å². The van der Waals surface area contributed by atoms with Crippen molar-refractivity contribution in [3.63, 3.8) is 0 Å². The molecule has 1 saturated heterocycles. The lowest BCUT2D eigenvalue weighted by atomic mass is 10.1. The first-order chi connectivity index (χ1) is 13.5. The van der Waals surface area contributed by atoms with Crippen molar-refractivity contribution in [2.75, 3.05) is 37.6 Å². The first-order valence-corrected chi connectivity index (χ1v) is 10.7. The fraction of sp³-hybridized carbons (Fsp3) is 0.364. The van der Waals surface area contributed by atoms with Crippen LogP contribution in [0.15, 0.2) is 41.8 Å². The molecule has 0 amide bonds. The van der Waals surface area contributed by atoms with Crippen molar-refractivity contribution >= 4 is 22.8 Å². The largest absolute Gasteiger partial charge is 0.360 e. The van der Waals surface area contributed by atoms with E-state index in [4.69, 9.17) is 0 Å². The van der Waals surface area contributed by atoms with Crippen molar-refractivity contribution in [3.8, 4) is 5.13 Å². The maximum atomic E-state index is 13.0. The third-order valence-corrected chi connectivity index (χ3v) is 6.48. The molecule has 0 spiro atoms. The third-order valence-electron chi connectivity index (χ3n) is 5.53. The van der Waals surface area contributed by atoms with E-state index in [1.165, 1.54) is 10.6 Å². The average molecular weight is 396 g/mol. The second-order valence-electron chi connectivity index (χ2n) is 7.56. The number of nitrogens with one attached hydrogen (secondary N) is 1. The first kappa shape index (κ1) is 18.9. The molecule has 28 heavy (non-hydrogen) atoms. The predicted octanol–water partition coefficient (Wildman–Crippen LogP) is 2.45. The fourth-order valence-electron chi connectivity index (χ4n) is 4.00. The molecule has 0 bridgehead atoms. The molecule has 3 heterocycles. The van der Waals surface area contributed by atoms with Gasteiger partial charge in [0.1, 0.15) is 6.54 Å². The highest BCUT2D eigenvalue weighted by atomic mass is 32.1. The van der Waals surface area contributed by atoms with Gasteiger partial charge in [-0.3, -0.25) is 9.36 Å². The number of piperazine rings is 1. The lowest BCUT2D eigenvalue weighted by molar-refractivity contribution is -0.892. The van der Waals surface area contributed by atoms with Gasteiger partial charge in [0.2, 0.25) is 5.78 Å². The quantitative estimate of drug-likeness (QED) is 0.675. The number of para-hydroxylation sites is 1. The van der Waals surface area contributed by atoms with Crippen molar-refractivity contribution in [2.24, 2.45) is 0 Å². The Hall–Kier alpha value is -2.44. The number of aromatic nitrogens is 2. The minimum absolute atomic E-state index is 0.232. The number of thiazole rings is 1. The second kappa shape index (κ2) is 7.89. The number of nitrogens with zero attached hydrogens (tertiary/aromatic N) is 3. The summed E-state index contributed by atoms with van der Waals surface area (Å²) in [6, 6.07) is 12.5. The number of hydrogen-bond acceptors (Lipinski definition) is 4. The van der Waals surface area contributed by atoms with E-state index in [0.29, 0.717) is 6.54 Å². The van der Waals surface area contributed by atoms with Gasteiger partial charge in [0.15, 0.2) is 5.13 Å². The molecule has 0 saturated carbocycles. The maximum Gasteiger partial charge on any atom is 0.218 e. The van der Waals surface area contributed by atoms with Crippen LogP contribution < -0.4 is 9.80 Å². The molecular formula is C22H27N4OS+. The first-order valence-electron chi connectivity index (χ1n) is 9.81. The Morgan fingerprint density at radius 3 is 2.50 bits per heavy atom. The van der Waals surface area contributed by atoms with Gasteiger partial charge in [-0.15, -0.1) is 11.3 Å². The second-order valence-corrected chi connectivity index (χ2v) is 8.40. The summed E-state index contributed by atoms with van der Waals surface area (Å²) in [5.74, 6) is 0.232. The molecule has 4 rings (SSSR count). The molecule has 1 N–H and O–H groups in total. The predicted molar refractivity (Wildman–Crippen MR) is 114 cm³/mol. The molecule has 0 aliphatic carbocycles. The van der Waals surface area contributed by atoms with E-state index < -0.39 is 0 Å². The highest BCUT2D eigenvalue weighted by Crippen LogP contribution is 2.23. The summed E-state index contributed by atoms with van der Waals surface area (Å²) in [5.41, 5.74) is 5.19. The van der Waals surface area contributed by atoms with Gasteiger partial charge in [0.25, 0.3) is 0 Å². The summed E-state index contributed by atoms with van der Waals surface area (Å²) < 4.78 is 2.10. The smallest absolute Gasteiger partial charge is 0.218 e. The molecule has 146 valence electrons. The van der Waals surface area contributed by atoms with Crippen LogP contribution in [0.2, 0.25) is 0 Å². The number of aryl methyl sites for hydroxylation is 2. The zero-order valence-corrected chi connectivity index (χ0v) is 17.6. The summed E-state index contributed by atoms with van der Waals surface area (Å²) >= 11 is 1.62. The topological polar surface area (TPSA) is 42.6 Å². The zero-order chi connectivity index (χ0) is 19.7. The summed E-state index contributed by atoms with van der Waals surface area (Å²) in [5, 5.41) is 2.99. The molecular weight excluding hydrogens is 368 g/mol. The molecule has 0 atom stereocenters. The molecule has 5 nitrogen and oxygen atoms in total. The van der Waals surface area contributed by atoms with Gasteiger partial charge in [-0.1, -0.05) is 18.2 Å². The number of hydrogen-bond donors (Lipinski definition) is 1. The van der Waals surface area contributed by atoms with Crippen LogP contribution >= 0.6 is 11.3 Å². The maximum absolute atomic E-state index is 13.0. The van der Waals surface area contributed by atoms with Gasteiger partial charge in [-0.2, -0.15) is 0 Å². The SMILES string of the molecule is Cc1csc(-n2c(C)cc(C(=O)C[NH+]3CCN(c4ccccc4)CC3)c2C)n1. The molecule has 0 unspecified atom stereocenters. The summed E-state index contributed by atoms with van der Waals surface area (Å²) in [6.45, 7) is 10.6. The van der Waals surface area contributed by atoms with Crippen LogP contribution in [0.4, 0.5) is 5.69 Å². The van der Waals surface area contributed by atoms with E-state index in [1.54, 1.807) is 11.3 Å². The number of carbonyl (C=O) groups is 1. The van der Waals surface area contributed by atoms with Crippen molar-refractivity contribution in [1.29, 1.82) is 0 Å². The highest BCUT2D eigenvalue weighted by molar-refractivity contribution is 7.12. The normalized spacial score (nSPS) is 15.2. The summed E-state index contributed by atoms with van der Waals surface area (Å²) in [7, 11) is 0. The number of anilines is 1. The number of benzene rings is 1. The van der Waals surface area contributed by atoms with Gasteiger partial charge >= 0.3 is 0 Å². The van der Waals surface area contributed by atoms with E-state index in [-0.39, 0.29) is 5.78 Å². The molecule has 0 radical (unpaired) electrons. The third kappa shape index (κ3) is 3.75. The van der Waals surface area contributed by atoms with E-state index in [1.807, 2.05) is 38.3 Å². The Balaban J connectivity index is 1.42. The molecule has 1 aliphatic rings. The van der Waals surface area contributed by atoms with Crippen molar-refractivity contribution in [3.05, 3.63) is 64.4 Å². The van der Waals surface area contributed by atoms with E-state index >= 15 is 0 Å². The Morgan fingerprint density at radius 2 is 1.86 bits per heavy atom. The zero-order valence-electron chi connectivity index (χ0n) is 16.7. The lowest BCUT2D eigenvalue weighted by Gasteiger charge is -2.33. The van der Waals surface area contributed by atoms with Crippen LogP contribution in [0.1, 0.15) is 27.4 Å². The molecule has 6 heteroatoms. The fourth-order valence-corrected chi connectivity index (χ4v) is 4.91. The van der Waals surface area contributed by atoms with Gasteiger partial charge in [0, 0.05) is 28.0 Å². The molecule has 3 aromatic rings. The minimum Gasteiger partial charge on any atom is -0.360 e. The minimum atomic E-state index is 0.232. The van der Waals surface area contributed by atoms with Crippen molar-refractivity contribution < 1.29 is 9.69 Å². The van der Waals surface area contributed by atoms with Gasteiger partial charge < -0.3 is 9.80 Å². The Labute approximate surface area is 170 Å². The van der Waals surface area contributed by atoms with Gasteiger partial charge in [-0.25, -0.2) is 4.98 Å². The summed E-state index contributed by atoms with van der Waals surface area (Å²) in [6.07, 6.45) is 0. The summed E-state index contributed by atoms with van der Waals surface area (Å²) in [4.78, 5) is 21.4. The van der Waals surface area contributed by atoms with Crippen LogP contribution in [0.5, 0.6) is 0 Å². The monoisotopic (exact) mass is 395 g/mol. The molecule has 1 fully saturated rings. The van der Waals surface area contributed by atoms with Crippen LogP contribution in [0, 0.1) is 20.8 Å². The number of ketones is 1. The number of Topliss-reactive ketones (excluding diaryl/α,β-unsaturated/α-hetero) is 1. The molecule has 1 aliphatic heterocycles. The van der Waals surface area contributed by atoms with Crippen molar-refractivity contribution in [2.45, 2.75) is 20.8 Å². The van der Waals surface area contributed by atoms with Crippen LogP contribution in [-0.2, 0) is 0 Å². The molecule has 2 aromatic heterocycles.